The molecule has 1 N–H and O–H groups in total. The lowest BCUT2D eigenvalue weighted by Gasteiger charge is -2.18. The fraction of sp³-hybridized carbons (Fsp3) is 0.600. The van der Waals surface area contributed by atoms with Gasteiger partial charge in [-0.3, -0.25) is 4.98 Å². The molecule has 0 saturated carbocycles. The molecule has 1 saturated heterocycles. The largest absolute Gasteiger partial charge is 0.391 e. The molecule has 0 spiro atoms. The normalized spacial score (nSPS) is 21.6. The van der Waals surface area contributed by atoms with E-state index in [1.54, 1.807) is 6.20 Å². The van der Waals surface area contributed by atoms with Crippen LogP contribution in [0.3, 0.4) is 0 Å². The van der Waals surface area contributed by atoms with E-state index >= 15 is 0 Å². The second-order valence-electron chi connectivity index (χ2n) is 3.81. The Kier molecular flexibility index (Phi) is 2.37. The molecule has 14 heavy (non-hydrogen) atoms. The van der Waals surface area contributed by atoms with Crippen LogP contribution in [0.4, 0.5) is 5.82 Å². The standard InChI is InChI=1S/C10H15N3O/c1-7-5-11-8(2)10(12-7)13-4-3-9(14)6-13/h5,9,14H,3-4,6H2,1-2H3/t9-/m1/s1. The fourth-order valence-corrected chi connectivity index (χ4v) is 1.76. The van der Waals surface area contributed by atoms with E-state index in [-0.39, 0.29) is 6.10 Å². The van der Waals surface area contributed by atoms with Crippen LogP contribution in [-0.4, -0.2) is 34.3 Å². The first-order valence-corrected chi connectivity index (χ1v) is 4.90. The summed E-state index contributed by atoms with van der Waals surface area (Å²) in [6, 6.07) is 0. The van der Waals surface area contributed by atoms with E-state index in [1.165, 1.54) is 0 Å². The van der Waals surface area contributed by atoms with Crippen molar-refractivity contribution in [1.82, 2.24) is 9.97 Å². The van der Waals surface area contributed by atoms with Crippen LogP contribution >= 0.6 is 0 Å². The summed E-state index contributed by atoms with van der Waals surface area (Å²) in [6.07, 6.45) is 2.39. The minimum atomic E-state index is -0.211. The fourth-order valence-electron chi connectivity index (χ4n) is 1.76. The van der Waals surface area contributed by atoms with Crippen molar-refractivity contribution in [3.63, 3.8) is 0 Å². The molecule has 1 atom stereocenters. The Hall–Kier alpha value is -1.16. The van der Waals surface area contributed by atoms with E-state index in [0.717, 1.165) is 30.2 Å². The first-order chi connectivity index (χ1) is 6.66. The van der Waals surface area contributed by atoms with Gasteiger partial charge in [0.25, 0.3) is 0 Å². The average molecular weight is 193 g/mol. The van der Waals surface area contributed by atoms with Gasteiger partial charge in [0, 0.05) is 19.3 Å². The van der Waals surface area contributed by atoms with Crippen LogP contribution in [0.2, 0.25) is 0 Å². The molecule has 0 aromatic carbocycles. The summed E-state index contributed by atoms with van der Waals surface area (Å²) in [4.78, 5) is 10.8. The van der Waals surface area contributed by atoms with E-state index in [1.807, 2.05) is 13.8 Å². The lowest BCUT2D eigenvalue weighted by Crippen LogP contribution is -2.23. The zero-order valence-corrected chi connectivity index (χ0v) is 8.56. The summed E-state index contributed by atoms with van der Waals surface area (Å²) in [5.41, 5.74) is 1.86. The zero-order valence-electron chi connectivity index (χ0n) is 8.56. The number of nitrogens with zero attached hydrogens (tertiary/aromatic N) is 3. The van der Waals surface area contributed by atoms with Gasteiger partial charge in [-0.15, -0.1) is 0 Å². The molecule has 2 heterocycles. The van der Waals surface area contributed by atoms with Gasteiger partial charge in [0.05, 0.1) is 17.5 Å². The SMILES string of the molecule is Cc1cnc(C)c(N2CC[C@@H](O)C2)n1. The third-order valence-electron chi connectivity index (χ3n) is 2.51. The lowest BCUT2D eigenvalue weighted by molar-refractivity contribution is 0.198. The Labute approximate surface area is 83.6 Å². The molecular weight excluding hydrogens is 178 g/mol. The van der Waals surface area contributed by atoms with Gasteiger partial charge in [0.2, 0.25) is 0 Å². The summed E-state index contributed by atoms with van der Waals surface area (Å²) in [7, 11) is 0. The van der Waals surface area contributed by atoms with E-state index < -0.39 is 0 Å². The molecule has 1 aromatic heterocycles. The third-order valence-corrected chi connectivity index (χ3v) is 2.51. The van der Waals surface area contributed by atoms with Crippen molar-refractivity contribution in [3.05, 3.63) is 17.6 Å². The number of aliphatic hydroxyl groups excluding tert-OH is 1. The number of aliphatic hydroxyl groups is 1. The number of hydrogen-bond acceptors (Lipinski definition) is 4. The highest BCUT2D eigenvalue weighted by Gasteiger charge is 2.22. The van der Waals surface area contributed by atoms with Crippen molar-refractivity contribution < 1.29 is 5.11 Å². The molecule has 0 aliphatic carbocycles. The number of hydrogen-bond donors (Lipinski definition) is 1. The number of aromatic nitrogens is 2. The molecule has 1 aliphatic rings. The highest BCUT2D eigenvalue weighted by molar-refractivity contribution is 5.44. The molecule has 1 aliphatic heterocycles. The van der Waals surface area contributed by atoms with Crippen molar-refractivity contribution in [1.29, 1.82) is 0 Å². The average Bonchev–Trinajstić information content (AvgIpc) is 2.56. The minimum Gasteiger partial charge on any atom is -0.391 e. The van der Waals surface area contributed by atoms with Crippen molar-refractivity contribution in [3.8, 4) is 0 Å². The van der Waals surface area contributed by atoms with E-state index in [4.69, 9.17) is 0 Å². The zero-order chi connectivity index (χ0) is 10.1. The summed E-state index contributed by atoms with van der Waals surface area (Å²) >= 11 is 0. The number of rotatable bonds is 1. The first kappa shape index (κ1) is 9.40. The molecule has 0 bridgehead atoms. The Morgan fingerprint density at radius 2 is 2.29 bits per heavy atom. The second-order valence-corrected chi connectivity index (χ2v) is 3.81. The van der Waals surface area contributed by atoms with Crippen LogP contribution in [0.25, 0.3) is 0 Å². The molecule has 0 amide bonds. The van der Waals surface area contributed by atoms with Crippen LogP contribution < -0.4 is 4.90 Å². The van der Waals surface area contributed by atoms with Crippen molar-refractivity contribution in [2.24, 2.45) is 0 Å². The van der Waals surface area contributed by atoms with Crippen LogP contribution in [0.15, 0.2) is 6.20 Å². The Balaban J connectivity index is 2.27. The third kappa shape index (κ3) is 1.70. The predicted octanol–water partition coefficient (Wildman–Crippen LogP) is 0.664. The van der Waals surface area contributed by atoms with Crippen LogP contribution in [0.1, 0.15) is 17.8 Å². The van der Waals surface area contributed by atoms with Crippen molar-refractivity contribution >= 4 is 5.82 Å². The highest BCUT2D eigenvalue weighted by atomic mass is 16.3. The van der Waals surface area contributed by atoms with Gasteiger partial charge in [0.15, 0.2) is 0 Å². The summed E-state index contributed by atoms with van der Waals surface area (Å²) in [5.74, 6) is 0.918. The molecule has 0 unspecified atom stereocenters. The molecule has 4 heteroatoms. The minimum absolute atomic E-state index is 0.211. The van der Waals surface area contributed by atoms with Gasteiger partial charge in [-0.25, -0.2) is 4.98 Å². The van der Waals surface area contributed by atoms with Gasteiger partial charge in [-0.2, -0.15) is 0 Å². The maximum Gasteiger partial charge on any atom is 0.150 e. The second kappa shape index (κ2) is 3.53. The molecule has 1 fully saturated rings. The molecule has 0 radical (unpaired) electrons. The smallest absolute Gasteiger partial charge is 0.150 e. The van der Waals surface area contributed by atoms with E-state index in [9.17, 15) is 5.11 Å². The number of aryl methyl sites for hydroxylation is 2. The summed E-state index contributed by atoms with van der Waals surface area (Å²) in [5, 5.41) is 9.43. The van der Waals surface area contributed by atoms with E-state index in [0.29, 0.717) is 6.54 Å². The monoisotopic (exact) mass is 193 g/mol. The van der Waals surface area contributed by atoms with Crippen LogP contribution in [0, 0.1) is 13.8 Å². The predicted molar refractivity (Wildman–Crippen MR) is 54.3 cm³/mol. The van der Waals surface area contributed by atoms with E-state index in [2.05, 4.69) is 14.9 Å². The number of anilines is 1. The molecule has 2 rings (SSSR count). The highest BCUT2D eigenvalue weighted by Crippen LogP contribution is 2.20. The maximum atomic E-state index is 9.43. The first-order valence-electron chi connectivity index (χ1n) is 4.90. The Morgan fingerprint density at radius 1 is 1.50 bits per heavy atom. The molecule has 4 nitrogen and oxygen atoms in total. The maximum absolute atomic E-state index is 9.43. The molecule has 76 valence electrons. The molecular formula is C10H15N3O. The quantitative estimate of drug-likeness (QED) is 0.712. The van der Waals surface area contributed by atoms with Crippen molar-refractivity contribution in [2.45, 2.75) is 26.4 Å². The topological polar surface area (TPSA) is 49.2 Å². The Morgan fingerprint density at radius 3 is 2.93 bits per heavy atom. The van der Waals surface area contributed by atoms with Gasteiger partial charge < -0.3 is 10.0 Å². The number of β-amino-alcohol motifs (C(OH)–C–C–N with tert-alkyl or cyclic N) is 1. The van der Waals surface area contributed by atoms with Crippen LogP contribution in [0.5, 0.6) is 0 Å². The van der Waals surface area contributed by atoms with Gasteiger partial charge >= 0.3 is 0 Å². The summed E-state index contributed by atoms with van der Waals surface area (Å²) < 4.78 is 0. The lowest BCUT2D eigenvalue weighted by atomic mass is 10.3. The van der Waals surface area contributed by atoms with Gasteiger partial charge in [-0.1, -0.05) is 0 Å². The summed E-state index contributed by atoms with van der Waals surface area (Å²) in [6.45, 7) is 5.44. The van der Waals surface area contributed by atoms with Gasteiger partial charge in [-0.05, 0) is 20.3 Å². The van der Waals surface area contributed by atoms with Crippen molar-refractivity contribution in [2.75, 3.05) is 18.0 Å². The van der Waals surface area contributed by atoms with Gasteiger partial charge in [0.1, 0.15) is 5.82 Å². The van der Waals surface area contributed by atoms with Crippen LogP contribution in [-0.2, 0) is 0 Å². The molecule has 1 aromatic rings. The Bertz CT molecular complexity index is 340.